The van der Waals surface area contributed by atoms with Crippen LogP contribution in [-0.4, -0.2) is 35.0 Å². The van der Waals surface area contributed by atoms with E-state index in [0.717, 1.165) is 28.5 Å². The molecule has 6 heteroatoms. The molecule has 124 valence electrons. The number of aliphatic imine (C=N–C) groups is 1. The van der Waals surface area contributed by atoms with Gasteiger partial charge in [-0.25, -0.2) is 4.98 Å². The molecule has 0 bridgehead atoms. The van der Waals surface area contributed by atoms with Gasteiger partial charge < -0.3 is 10.6 Å². The molecule has 1 aliphatic rings. The minimum Gasteiger partial charge on any atom is -0.354 e. The Balaban J connectivity index is 1.81. The van der Waals surface area contributed by atoms with E-state index in [2.05, 4.69) is 53.1 Å². The van der Waals surface area contributed by atoms with E-state index < -0.39 is 0 Å². The van der Waals surface area contributed by atoms with Gasteiger partial charge in [-0.2, -0.15) is 11.8 Å². The van der Waals surface area contributed by atoms with Crippen molar-refractivity contribution in [1.82, 2.24) is 15.6 Å². The third kappa shape index (κ3) is 5.16. The molecule has 0 aromatic carbocycles. The van der Waals surface area contributed by atoms with Crippen LogP contribution in [0.4, 0.5) is 0 Å². The molecule has 4 nitrogen and oxygen atoms in total. The molecule has 22 heavy (non-hydrogen) atoms. The number of rotatable bonds is 5. The number of guanidine groups is 1. The zero-order chi connectivity index (χ0) is 15.9. The van der Waals surface area contributed by atoms with E-state index in [1.165, 1.54) is 36.3 Å². The van der Waals surface area contributed by atoms with Crippen LogP contribution >= 0.6 is 23.1 Å². The second-order valence-corrected chi connectivity index (χ2v) is 8.63. The van der Waals surface area contributed by atoms with Crippen molar-refractivity contribution in [3.63, 3.8) is 0 Å². The van der Waals surface area contributed by atoms with Gasteiger partial charge in [-0.3, -0.25) is 4.99 Å². The molecule has 1 aromatic heterocycles. The standard InChI is InChI=1S/C16H28N4S2/c1-5-21-14-8-6-7-13(9-14)20-16(17-4)18-10-15-19-11(2)12(3)22-15/h13-14H,5-10H2,1-4H3,(H2,17,18,20). The summed E-state index contributed by atoms with van der Waals surface area (Å²) in [6, 6.07) is 0.545. The molecule has 0 spiro atoms. The van der Waals surface area contributed by atoms with E-state index in [0.29, 0.717) is 6.04 Å². The summed E-state index contributed by atoms with van der Waals surface area (Å²) >= 11 is 3.86. The molecule has 1 aromatic rings. The first-order valence-electron chi connectivity index (χ1n) is 8.14. The number of aromatic nitrogens is 1. The topological polar surface area (TPSA) is 49.3 Å². The average Bonchev–Trinajstić information content (AvgIpc) is 2.83. The lowest BCUT2D eigenvalue weighted by molar-refractivity contribution is 0.419. The Morgan fingerprint density at radius 3 is 2.86 bits per heavy atom. The van der Waals surface area contributed by atoms with Crippen LogP contribution < -0.4 is 10.6 Å². The maximum Gasteiger partial charge on any atom is 0.191 e. The lowest BCUT2D eigenvalue weighted by Gasteiger charge is -2.30. The predicted octanol–water partition coefficient (Wildman–Crippen LogP) is 3.49. The predicted molar refractivity (Wildman–Crippen MR) is 99.1 cm³/mol. The Bertz CT molecular complexity index is 477. The minimum absolute atomic E-state index is 0.545. The van der Waals surface area contributed by atoms with Crippen molar-refractivity contribution < 1.29 is 0 Å². The summed E-state index contributed by atoms with van der Waals surface area (Å²) in [6.45, 7) is 7.19. The molecule has 2 N–H and O–H groups in total. The summed E-state index contributed by atoms with van der Waals surface area (Å²) in [7, 11) is 1.84. The number of thioether (sulfide) groups is 1. The molecule has 0 saturated heterocycles. The number of aryl methyl sites for hydroxylation is 2. The fourth-order valence-electron chi connectivity index (χ4n) is 2.83. The molecular formula is C16H28N4S2. The first kappa shape index (κ1) is 17.6. The maximum atomic E-state index is 4.57. The normalized spacial score (nSPS) is 22.6. The molecule has 2 atom stereocenters. The number of nitrogens with one attached hydrogen (secondary N) is 2. The van der Waals surface area contributed by atoms with Crippen molar-refractivity contribution >= 4 is 29.1 Å². The van der Waals surface area contributed by atoms with E-state index in [-0.39, 0.29) is 0 Å². The Hall–Kier alpha value is -0.750. The SMILES string of the molecule is CCSC1CCCC(NC(=NC)NCc2nc(C)c(C)s2)C1. The van der Waals surface area contributed by atoms with Crippen LogP contribution in [0.3, 0.4) is 0 Å². The van der Waals surface area contributed by atoms with Crippen LogP contribution in [0.5, 0.6) is 0 Å². The van der Waals surface area contributed by atoms with Crippen molar-refractivity contribution in [2.45, 2.75) is 64.3 Å². The smallest absolute Gasteiger partial charge is 0.191 e. The average molecular weight is 341 g/mol. The zero-order valence-corrected chi connectivity index (χ0v) is 15.7. The molecular weight excluding hydrogens is 312 g/mol. The Kier molecular flexibility index (Phi) is 7.02. The maximum absolute atomic E-state index is 4.57. The van der Waals surface area contributed by atoms with Gasteiger partial charge in [0.15, 0.2) is 5.96 Å². The summed E-state index contributed by atoms with van der Waals surface area (Å²) in [5.74, 6) is 2.12. The van der Waals surface area contributed by atoms with E-state index in [4.69, 9.17) is 0 Å². The van der Waals surface area contributed by atoms with E-state index in [9.17, 15) is 0 Å². The molecule has 1 saturated carbocycles. The van der Waals surface area contributed by atoms with Crippen LogP contribution in [-0.2, 0) is 6.54 Å². The molecule has 1 aliphatic carbocycles. The quantitative estimate of drug-likeness (QED) is 0.636. The lowest BCUT2D eigenvalue weighted by Crippen LogP contribution is -2.45. The largest absolute Gasteiger partial charge is 0.354 e. The summed E-state index contributed by atoms with van der Waals surface area (Å²) in [4.78, 5) is 10.2. The summed E-state index contributed by atoms with van der Waals surface area (Å²) in [6.07, 6.45) is 5.17. The first-order valence-corrected chi connectivity index (χ1v) is 10.0. The Labute approximate surface area is 142 Å². The zero-order valence-electron chi connectivity index (χ0n) is 14.1. The second kappa shape index (κ2) is 8.77. The molecule has 2 rings (SSSR count). The van der Waals surface area contributed by atoms with Crippen LogP contribution in [0.15, 0.2) is 4.99 Å². The monoisotopic (exact) mass is 340 g/mol. The third-order valence-electron chi connectivity index (χ3n) is 4.07. The van der Waals surface area contributed by atoms with Gasteiger partial charge in [0.25, 0.3) is 0 Å². The highest BCUT2D eigenvalue weighted by Crippen LogP contribution is 2.28. The van der Waals surface area contributed by atoms with Gasteiger partial charge in [0.2, 0.25) is 0 Å². The Morgan fingerprint density at radius 2 is 2.23 bits per heavy atom. The van der Waals surface area contributed by atoms with Crippen LogP contribution in [0, 0.1) is 13.8 Å². The Morgan fingerprint density at radius 1 is 1.41 bits per heavy atom. The summed E-state index contributed by atoms with van der Waals surface area (Å²) in [5.41, 5.74) is 1.14. The van der Waals surface area contributed by atoms with E-state index >= 15 is 0 Å². The molecule has 0 amide bonds. The van der Waals surface area contributed by atoms with Gasteiger partial charge in [-0.15, -0.1) is 11.3 Å². The molecule has 1 fully saturated rings. The van der Waals surface area contributed by atoms with Crippen molar-refractivity contribution in [3.8, 4) is 0 Å². The van der Waals surface area contributed by atoms with E-state index in [1.807, 2.05) is 7.05 Å². The lowest BCUT2D eigenvalue weighted by atomic mass is 9.95. The van der Waals surface area contributed by atoms with Crippen molar-refractivity contribution in [1.29, 1.82) is 0 Å². The molecule has 0 aliphatic heterocycles. The summed E-state index contributed by atoms with van der Waals surface area (Å²) in [5, 5.41) is 8.92. The van der Waals surface area contributed by atoms with Gasteiger partial charge >= 0.3 is 0 Å². The van der Waals surface area contributed by atoms with Crippen LogP contribution in [0.25, 0.3) is 0 Å². The fraction of sp³-hybridized carbons (Fsp3) is 0.750. The van der Waals surface area contributed by atoms with Crippen LogP contribution in [0.2, 0.25) is 0 Å². The van der Waals surface area contributed by atoms with Gasteiger partial charge in [-0.1, -0.05) is 13.3 Å². The second-order valence-electron chi connectivity index (χ2n) is 5.76. The van der Waals surface area contributed by atoms with Gasteiger partial charge in [0.05, 0.1) is 12.2 Å². The highest BCUT2D eigenvalue weighted by atomic mass is 32.2. The van der Waals surface area contributed by atoms with E-state index in [1.54, 1.807) is 11.3 Å². The number of hydrogen-bond acceptors (Lipinski definition) is 4. The highest BCUT2D eigenvalue weighted by Gasteiger charge is 2.22. The molecule has 0 radical (unpaired) electrons. The fourth-order valence-corrected chi connectivity index (χ4v) is 4.87. The van der Waals surface area contributed by atoms with Crippen LogP contribution in [0.1, 0.15) is 48.2 Å². The summed E-state index contributed by atoms with van der Waals surface area (Å²) < 4.78 is 0. The molecule has 2 unspecified atom stereocenters. The number of nitrogens with zero attached hydrogens (tertiary/aromatic N) is 2. The van der Waals surface area contributed by atoms with Gasteiger partial charge in [0, 0.05) is 23.2 Å². The number of hydrogen-bond donors (Lipinski definition) is 2. The minimum atomic E-state index is 0.545. The van der Waals surface area contributed by atoms with Crippen molar-refractivity contribution in [2.24, 2.45) is 4.99 Å². The third-order valence-corrected chi connectivity index (χ3v) is 6.38. The molecule has 1 heterocycles. The highest BCUT2D eigenvalue weighted by molar-refractivity contribution is 7.99. The van der Waals surface area contributed by atoms with Crippen molar-refractivity contribution in [2.75, 3.05) is 12.8 Å². The number of thiazole rings is 1. The van der Waals surface area contributed by atoms with Crippen molar-refractivity contribution in [3.05, 3.63) is 15.6 Å². The van der Waals surface area contributed by atoms with Gasteiger partial charge in [0.1, 0.15) is 5.01 Å². The van der Waals surface area contributed by atoms with Gasteiger partial charge in [-0.05, 0) is 38.9 Å². The first-order chi connectivity index (χ1) is 10.6.